The van der Waals surface area contributed by atoms with Crippen molar-refractivity contribution in [1.29, 1.82) is 0 Å². The van der Waals surface area contributed by atoms with Gasteiger partial charge in [-0.15, -0.1) is 0 Å². The molecule has 0 saturated carbocycles. The number of carbonyl (C=O) groups is 1. The standard InChI is InChI=1S/C12H17BrN2O2S/c1-9(14)6-7-18(17)8-12(16)15-11-4-2-10(13)3-5-11/h2-5,9H,6-8,14H2,1H3,(H,15,16). The molecule has 1 amide bonds. The van der Waals surface area contributed by atoms with Crippen LogP contribution in [0, 0.1) is 0 Å². The van der Waals surface area contributed by atoms with E-state index in [9.17, 15) is 9.00 Å². The van der Waals surface area contributed by atoms with Gasteiger partial charge in [0.15, 0.2) is 0 Å². The number of nitrogens with one attached hydrogen (secondary N) is 1. The Hall–Kier alpha value is -0.720. The van der Waals surface area contributed by atoms with Crippen LogP contribution in [-0.2, 0) is 15.6 Å². The number of rotatable bonds is 6. The Balaban J connectivity index is 2.37. The Morgan fingerprint density at radius 3 is 2.61 bits per heavy atom. The number of amides is 1. The van der Waals surface area contributed by atoms with Crippen molar-refractivity contribution in [3.63, 3.8) is 0 Å². The number of carbonyl (C=O) groups excluding carboxylic acids is 1. The van der Waals surface area contributed by atoms with Gasteiger partial charge >= 0.3 is 0 Å². The highest BCUT2D eigenvalue weighted by Crippen LogP contribution is 2.13. The molecule has 0 aliphatic rings. The van der Waals surface area contributed by atoms with Gasteiger partial charge < -0.3 is 11.1 Å². The quantitative estimate of drug-likeness (QED) is 0.835. The molecule has 0 spiro atoms. The molecule has 4 nitrogen and oxygen atoms in total. The first kappa shape index (κ1) is 15.3. The monoisotopic (exact) mass is 332 g/mol. The van der Waals surface area contributed by atoms with Crippen molar-refractivity contribution in [3.05, 3.63) is 28.7 Å². The minimum atomic E-state index is -1.15. The second-order valence-electron chi connectivity index (χ2n) is 4.11. The van der Waals surface area contributed by atoms with Crippen LogP contribution < -0.4 is 11.1 Å². The molecule has 0 bridgehead atoms. The molecule has 0 heterocycles. The van der Waals surface area contributed by atoms with Gasteiger partial charge in [0.25, 0.3) is 0 Å². The van der Waals surface area contributed by atoms with Crippen LogP contribution in [0.3, 0.4) is 0 Å². The van der Waals surface area contributed by atoms with Crippen molar-refractivity contribution in [2.24, 2.45) is 5.73 Å². The van der Waals surface area contributed by atoms with E-state index in [1.807, 2.05) is 19.1 Å². The number of halogens is 1. The summed E-state index contributed by atoms with van der Waals surface area (Å²) in [5, 5.41) is 2.70. The van der Waals surface area contributed by atoms with Crippen molar-refractivity contribution >= 4 is 38.3 Å². The largest absolute Gasteiger partial charge is 0.328 e. The fraction of sp³-hybridized carbons (Fsp3) is 0.417. The molecule has 6 heteroatoms. The molecule has 2 atom stereocenters. The average Bonchev–Trinajstić information content (AvgIpc) is 2.29. The molecule has 1 rings (SSSR count). The van der Waals surface area contributed by atoms with Crippen molar-refractivity contribution in [2.45, 2.75) is 19.4 Å². The lowest BCUT2D eigenvalue weighted by Gasteiger charge is -2.06. The third kappa shape index (κ3) is 6.28. The Morgan fingerprint density at radius 2 is 2.06 bits per heavy atom. The molecule has 18 heavy (non-hydrogen) atoms. The van der Waals surface area contributed by atoms with Crippen LogP contribution >= 0.6 is 15.9 Å². The molecule has 100 valence electrons. The summed E-state index contributed by atoms with van der Waals surface area (Å²) in [6.07, 6.45) is 0.665. The zero-order valence-corrected chi connectivity index (χ0v) is 12.6. The summed E-state index contributed by atoms with van der Waals surface area (Å²) in [6, 6.07) is 7.26. The van der Waals surface area contributed by atoms with E-state index in [0.717, 1.165) is 4.47 Å². The molecule has 0 fully saturated rings. The van der Waals surface area contributed by atoms with Crippen LogP contribution in [0.1, 0.15) is 13.3 Å². The van der Waals surface area contributed by atoms with Gasteiger partial charge in [-0.05, 0) is 37.6 Å². The number of hydrogen-bond donors (Lipinski definition) is 2. The molecule has 0 radical (unpaired) electrons. The lowest BCUT2D eigenvalue weighted by molar-refractivity contribution is -0.113. The van der Waals surface area contributed by atoms with E-state index in [1.54, 1.807) is 12.1 Å². The minimum absolute atomic E-state index is 0.0167. The highest BCUT2D eigenvalue weighted by molar-refractivity contribution is 9.10. The van der Waals surface area contributed by atoms with Crippen molar-refractivity contribution < 1.29 is 9.00 Å². The maximum Gasteiger partial charge on any atom is 0.236 e. The summed E-state index contributed by atoms with van der Waals surface area (Å²) < 4.78 is 12.5. The SMILES string of the molecule is CC(N)CCS(=O)CC(=O)Nc1ccc(Br)cc1. The van der Waals surface area contributed by atoms with Gasteiger partial charge in [-0.1, -0.05) is 15.9 Å². The highest BCUT2D eigenvalue weighted by Gasteiger charge is 2.09. The molecule has 0 aliphatic carbocycles. The lowest BCUT2D eigenvalue weighted by Crippen LogP contribution is -2.23. The Morgan fingerprint density at radius 1 is 1.44 bits per heavy atom. The summed E-state index contributed by atoms with van der Waals surface area (Å²) in [5.41, 5.74) is 6.27. The van der Waals surface area contributed by atoms with Gasteiger partial charge in [-0.3, -0.25) is 9.00 Å². The van der Waals surface area contributed by atoms with E-state index >= 15 is 0 Å². The van der Waals surface area contributed by atoms with Crippen LogP contribution in [0.15, 0.2) is 28.7 Å². The first-order valence-electron chi connectivity index (χ1n) is 5.63. The second kappa shape index (κ2) is 7.66. The van der Waals surface area contributed by atoms with Crippen molar-refractivity contribution in [3.8, 4) is 0 Å². The third-order valence-corrected chi connectivity index (χ3v) is 4.02. The molecule has 0 saturated heterocycles. The number of nitrogens with two attached hydrogens (primary N) is 1. The summed E-state index contributed by atoms with van der Waals surface area (Å²) in [6.45, 7) is 1.86. The summed E-state index contributed by atoms with van der Waals surface area (Å²) >= 11 is 3.31. The zero-order valence-electron chi connectivity index (χ0n) is 10.2. The van der Waals surface area contributed by atoms with Gasteiger partial charge in [0.2, 0.25) is 5.91 Å². The van der Waals surface area contributed by atoms with E-state index in [1.165, 1.54) is 0 Å². The zero-order chi connectivity index (χ0) is 13.5. The summed E-state index contributed by atoms with van der Waals surface area (Å²) in [5.74, 6) is 0.245. The van der Waals surface area contributed by atoms with E-state index in [-0.39, 0.29) is 17.7 Å². The Labute approximate surface area is 118 Å². The molecular weight excluding hydrogens is 316 g/mol. The molecule has 3 N–H and O–H groups in total. The number of anilines is 1. The summed E-state index contributed by atoms with van der Waals surface area (Å²) in [4.78, 5) is 11.6. The minimum Gasteiger partial charge on any atom is -0.328 e. The Kier molecular flexibility index (Phi) is 6.52. The first-order valence-corrected chi connectivity index (χ1v) is 7.91. The fourth-order valence-electron chi connectivity index (χ4n) is 1.27. The van der Waals surface area contributed by atoms with Gasteiger partial charge in [-0.2, -0.15) is 0 Å². The lowest BCUT2D eigenvalue weighted by atomic mass is 10.3. The second-order valence-corrected chi connectivity index (χ2v) is 6.60. The summed E-state index contributed by atoms with van der Waals surface area (Å²) in [7, 11) is -1.15. The van der Waals surface area contributed by atoms with Crippen LogP contribution in [0.4, 0.5) is 5.69 Å². The predicted octanol–water partition coefficient (Wildman–Crippen LogP) is 1.87. The van der Waals surface area contributed by atoms with Gasteiger partial charge in [0, 0.05) is 32.8 Å². The van der Waals surface area contributed by atoms with E-state index in [0.29, 0.717) is 17.9 Å². The normalized spacial score (nSPS) is 13.9. The predicted molar refractivity (Wildman–Crippen MR) is 78.9 cm³/mol. The van der Waals surface area contributed by atoms with Gasteiger partial charge in [-0.25, -0.2) is 0 Å². The molecule has 0 aromatic heterocycles. The van der Waals surface area contributed by atoms with Gasteiger partial charge in [0.1, 0.15) is 5.75 Å². The number of hydrogen-bond acceptors (Lipinski definition) is 3. The first-order chi connectivity index (χ1) is 8.47. The van der Waals surface area contributed by atoms with Gasteiger partial charge in [0.05, 0.1) is 0 Å². The van der Waals surface area contributed by atoms with Crippen molar-refractivity contribution in [1.82, 2.24) is 0 Å². The van der Waals surface area contributed by atoms with Crippen LogP contribution in [0.25, 0.3) is 0 Å². The highest BCUT2D eigenvalue weighted by atomic mass is 79.9. The maximum absolute atomic E-state index is 11.6. The molecule has 0 aliphatic heterocycles. The smallest absolute Gasteiger partial charge is 0.236 e. The maximum atomic E-state index is 11.6. The number of benzene rings is 1. The van der Waals surface area contributed by atoms with E-state index in [4.69, 9.17) is 5.73 Å². The van der Waals surface area contributed by atoms with Crippen LogP contribution in [0.2, 0.25) is 0 Å². The molecule has 2 unspecified atom stereocenters. The van der Waals surface area contributed by atoms with E-state index in [2.05, 4.69) is 21.2 Å². The Bertz CT molecular complexity index is 421. The van der Waals surface area contributed by atoms with Crippen molar-refractivity contribution in [2.75, 3.05) is 16.8 Å². The third-order valence-electron chi connectivity index (χ3n) is 2.22. The topological polar surface area (TPSA) is 72.2 Å². The fourth-order valence-corrected chi connectivity index (χ4v) is 2.67. The van der Waals surface area contributed by atoms with Crippen LogP contribution in [0.5, 0.6) is 0 Å². The van der Waals surface area contributed by atoms with E-state index < -0.39 is 10.8 Å². The molecule has 1 aromatic rings. The molecule has 1 aromatic carbocycles. The van der Waals surface area contributed by atoms with Crippen LogP contribution in [-0.4, -0.2) is 27.7 Å². The average molecular weight is 333 g/mol. The molecular formula is C12H17BrN2O2S.